The molecule has 4 aromatic rings. The maximum absolute atomic E-state index is 6.38. The predicted octanol–water partition coefficient (Wildman–Crippen LogP) is 9.51. The van der Waals surface area contributed by atoms with Gasteiger partial charge in [-0.2, -0.15) is 0 Å². The Morgan fingerprint density at radius 2 is 1.00 bits per heavy atom. The number of hydrogen-bond acceptors (Lipinski definition) is 3. The number of methoxy groups -OCH3 is 1. The number of aryl methyl sites for hydroxylation is 5. The maximum Gasteiger partial charge on any atom is 0.133 e. The lowest BCUT2D eigenvalue weighted by atomic mass is 9.76. The van der Waals surface area contributed by atoms with E-state index in [4.69, 9.17) is 9.47 Å². The molecule has 0 spiro atoms. The Kier molecular flexibility index (Phi) is 7.51. The lowest BCUT2D eigenvalue weighted by Crippen LogP contribution is -2.20. The summed E-state index contributed by atoms with van der Waals surface area (Å²) in [7, 11) is 1.74. The summed E-state index contributed by atoms with van der Waals surface area (Å²) in [5, 5.41) is 0. The van der Waals surface area contributed by atoms with Gasteiger partial charge >= 0.3 is 0 Å². The van der Waals surface area contributed by atoms with E-state index in [1.807, 2.05) is 0 Å². The van der Waals surface area contributed by atoms with Crippen LogP contribution < -0.4 is 9.47 Å². The number of rotatable bonds is 7. The average Bonchev–Trinajstić information content (AvgIpc) is 2.83. The lowest BCUT2D eigenvalue weighted by Gasteiger charge is -2.29. The lowest BCUT2D eigenvalue weighted by molar-refractivity contribution is 0.408. The Hall–Kier alpha value is -3.17. The van der Waals surface area contributed by atoms with Crippen LogP contribution in [0.2, 0.25) is 0 Å². The summed E-state index contributed by atoms with van der Waals surface area (Å²) in [5.41, 5.74) is 8.29. The van der Waals surface area contributed by atoms with Gasteiger partial charge in [-0.05, 0) is 104 Å². The Bertz CT molecular complexity index is 1320. The van der Waals surface area contributed by atoms with Crippen LogP contribution in [0, 0.1) is 34.6 Å². The minimum Gasteiger partial charge on any atom is -0.496 e. The molecule has 0 aliphatic heterocycles. The molecular formula is C33H36O2S. The van der Waals surface area contributed by atoms with E-state index in [0.717, 1.165) is 39.5 Å². The molecule has 0 unspecified atom stereocenters. The van der Waals surface area contributed by atoms with Gasteiger partial charge in [0.1, 0.15) is 17.2 Å². The molecule has 0 aromatic heterocycles. The molecule has 0 aliphatic rings. The Labute approximate surface area is 220 Å². The third-order valence-corrected chi connectivity index (χ3v) is 7.88. The van der Waals surface area contributed by atoms with Crippen molar-refractivity contribution in [2.75, 3.05) is 7.11 Å². The Morgan fingerprint density at radius 1 is 0.583 bits per heavy atom. The maximum atomic E-state index is 6.38. The van der Waals surface area contributed by atoms with Crippen LogP contribution >= 0.6 is 11.8 Å². The van der Waals surface area contributed by atoms with Crippen molar-refractivity contribution >= 4 is 11.8 Å². The molecule has 186 valence electrons. The molecule has 0 fully saturated rings. The fraction of sp³-hybridized carbons (Fsp3) is 0.273. The van der Waals surface area contributed by atoms with Gasteiger partial charge in [0.05, 0.1) is 7.11 Å². The topological polar surface area (TPSA) is 18.5 Å². The molecule has 0 saturated carbocycles. The van der Waals surface area contributed by atoms with E-state index in [2.05, 4.69) is 121 Å². The van der Waals surface area contributed by atoms with Gasteiger partial charge in [-0.25, -0.2) is 0 Å². The second kappa shape index (κ2) is 10.4. The first kappa shape index (κ1) is 25.9. The van der Waals surface area contributed by atoms with Crippen molar-refractivity contribution in [2.45, 2.75) is 63.7 Å². The van der Waals surface area contributed by atoms with E-state index >= 15 is 0 Å². The first-order valence-electron chi connectivity index (χ1n) is 12.4. The zero-order valence-corrected chi connectivity index (χ0v) is 23.5. The highest BCUT2D eigenvalue weighted by molar-refractivity contribution is 7.99. The molecule has 2 nitrogen and oxygen atoms in total. The van der Waals surface area contributed by atoms with E-state index in [1.165, 1.54) is 26.5 Å². The summed E-state index contributed by atoms with van der Waals surface area (Å²) in [6.07, 6.45) is 0. The molecule has 0 bridgehead atoms. The highest BCUT2D eigenvalue weighted by Crippen LogP contribution is 2.39. The van der Waals surface area contributed by atoms with Crippen LogP contribution in [0.25, 0.3) is 0 Å². The smallest absolute Gasteiger partial charge is 0.133 e. The largest absolute Gasteiger partial charge is 0.496 e. The molecule has 0 atom stereocenters. The summed E-state index contributed by atoms with van der Waals surface area (Å²) < 4.78 is 12.0. The Balaban J connectivity index is 1.55. The van der Waals surface area contributed by atoms with Crippen LogP contribution in [-0.4, -0.2) is 7.11 Å². The average molecular weight is 497 g/mol. The highest BCUT2D eigenvalue weighted by atomic mass is 32.2. The molecular weight excluding hydrogens is 460 g/mol. The molecule has 36 heavy (non-hydrogen) atoms. The van der Waals surface area contributed by atoms with Crippen molar-refractivity contribution in [1.29, 1.82) is 0 Å². The second-order valence-corrected chi connectivity index (χ2v) is 11.3. The zero-order chi connectivity index (χ0) is 26.0. The second-order valence-electron chi connectivity index (χ2n) is 10.2. The summed E-state index contributed by atoms with van der Waals surface area (Å²) >= 11 is 1.76. The van der Waals surface area contributed by atoms with Crippen LogP contribution in [0.1, 0.15) is 52.8 Å². The first-order chi connectivity index (χ1) is 17.1. The Morgan fingerprint density at radius 3 is 1.44 bits per heavy atom. The molecule has 0 aliphatic carbocycles. The van der Waals surface area contributed by atoms with Gasteiger partial charge < -0.3 is 9.47 Å². The fourth-order valence-corrected chi connectivity index (χ4v) is 5.52. The quantitative estimate of drug-likeness (QED) is 0.254. The highest BCUT2D eigenvalue weighted by Gasteiger charge is 2.26. The number of ether oxygens (including phenoxy) is 2. The van der Waals surface area contributed by atoms with Crippen molar-refractivity contribution < 1.29 is 9.47 Å². The SMILES string of the molecule is COc1c(C)cc(C(C)(C)c2cc(C)c(Oc3ccc(Sc4ccc(C)cc4)cc3)c(C)c2)cc1C. The van der Waals surface area contributed by atoms with E-state index in [-0.39, 0.29) is 5.41 Å². The van der Waals surface area contributed by atoms with E-state index < -0.39 is 0 Å². The molecule has 3 heteroatoms. The third kappa shape index (κ3) is 5.47. The molecule has 4 rings (SSSR count). The van der Waals surface area contributed by atoms with E-state index in [1.54, 1.807) is 18.9 Å². The van der Waals surface area contributed by atoms with Gasteiger partial charge in [0.25, 0.3) is 0 Å². The molecule has 0 amide bonds. The van der Waals surface area contributed by atoms with Crippen LogP contribution in [-0.2, 0) is 5.41 Å². The normalized spacial score (nSPS) is 11.4. The van der Waals surface area contributed by atoms with Crippen molar-refractivity contribution in [2.24, 2.45) is 0 Å². The summed E-state index contributed by atoms with van der Waals surface area (Å²) in [5.74, 6) is 2.74. The van der Waals surface area contributed by atoms with Gasteiger partial charge in [-0.3, -0.25) is 0 Å². The monoisotopic (exact) mass is 496 g/mol. The first-order valence-corrected chi connectivity index (χ1v) is 13.2. The summed E-state index contributed by atoms with van der Waals surface area (Å²) in [4.78, 5) is 2.43. The van der Waals surface area contributed by atoms with Crippen molar-refractivity contribution in [1.82, 2.24) is 0 Å². The van der Waals surface area contributed by atoms with Gasteiger partial charge in [0.2, 0.25) is 0 Å². The minimum absolute atomic E-state index is 0.148. The van der Waals surface area contributed by atoms with Crippen LogP contribution in [0.3, 0.4) is 0 Å². The van der Waals surface area contributed by atoms with Gasteiger partial charge in [0, 0.05) is 15.2 Å². The van der Waals surface area contributed by atoms with Gasteiger partial charge in [-0.15, -0.1) is 0 Å². The molecule has 0 heterocycles. The van der Waals surface area contributed by atoms with Crippen LogP contribution in [0.5, 0.6) is 17.2 Å². The van der Waals surface area contributed by atoms with Crippen LogP contribution in [0.4, 0.5) is 0 Å². The minimum atomic E-state index is -0.148. The van der Waals surface area contributed by atoms with E-state index in [9.17, 15) is 0 Å². The van der Waals surface area contributed by atoms with Gasteiger partial charge in [-0.1, -0.05) is 67.6 Å². The summed E-state index contributed by atoms with van der Waals surface area (Å²) in [6, 6.07) is 26.0. The number of benzene rings is 4. The van der Waals surface area contributed by atoms with Crippen molar-refractivity contribution in [3.63, 3.8) is 0 Å². The van der Waals surface area contributed by atoms with Crippen molar-refractivity contribution in [3.05, 3.63) is 112 Å². The fourth-order valence-electron chi connectivity index (χ4n) is 4.71. The van der Waals surface area contributed by atoms with Crippen molar-refractivity contribution in [3.8, 4) is 17.2 Å². The third-order valence-electron chi connectivity index (χ3n) is 6.87. The summed E-state index contributed by atoms with van der Waals surface area (Å²) in [6.45, 7) is 15.2. The molecule has 0 radical (unpaired) electrons. The van der Waals surface area contributed by atoms with Gasteiger partial charge in [0.15, 0.2) is 0 Å². The van der Waals surface area contributed by atoms with E-state index in [0.29, 0.717) is 0 Å². The number of hydrogen-bond donors (Lipinski definition) is 0. The van der Waals surface area contributed by atoms with Crippen LogP contribution in [0.15, 0.2) is 82.6 Å². The zero-order valence-electron chi connectivity index (χ0n) is 22.7. The molecule has 4 aromatic carbocycles. The predicted molar refractivity (Wildman–Crippen MR) is 152 cm³/mol. The molecule has 0 N–H and O–H groups in total. The molecule has 0 saturated heterocycles. The standard InChI is InChI=1S/C33H36O2S/c1-21-9-13-29(14-10-21)36-30-15-11-28(12-16-30)35-32-24(4)19-27(20-25(32)5)33(6,7)26-17-22(2)31(34-8)23(3)18-26/h9-20H,1-8H3.